The van der Waals surface area contributed by atoms with Crippen molar-refractivity contribution >= 4 is 27.5 Å². The third-order valence-electron chi connectivity index (χ3n) is 2.68. The third kappa shape index (κ3) is 5.87. The number of hydrogen-bond donors (Lipinski definition) is 2. The van der Waals surface area contributed by atoms with Gasteiger partial charge in [0.2, 0.25) is 0 Å². The maximum absolute atomic E-state index is 8.89. The monoisotopic (exact) mass is 319 g/mol. The van der Waals surface area contributed by atoms with Crippen molar-refractivity contribution < 1.29 is 5.11 Å². The summed E-state index contributed by atoms with van der Waals surface area (Å²) in [5, 5.41) is 13.0. The molecule has 2 nitrogen and oxygen atoms in total. The SMILES string of the molecule is CC(CO)CCCNCc1ccc(Cl)c(Br)c1. The Hall–Kier alpha value is -0.0900. The largest absolute Gasteiger partial charge is 0.396 e. The van der Waals surface area contributed by atoms with E-state index in [1.165, 1.54) is 5.56 Å². The van der Waals surface area contributed by atoms with Crippen molar-refractivity contribution in [1.29, 1.82) is 0 Å². The quantitative estimate of drug-likeness (QED) is 0.752. The van der Waals surface area contributed by atoms with Crippen molar-refractivity contribution in [3.05, 3.63) is 33.3 Å². The Balaban J connectivity index is 2.20. The molecule has 0 aliphatic rings. The van der Waals surface area contributed by atoms with E-state index in [-0.39, 0.29) is 6.61 Å². The Labute approximate surface area is 117 Å². The minimum Gasteiger partial charge on any atom is -0.396 e. The van der Waals surface area contributed by atoms with Crippen LogP contribution in [-0.4, -0.2) is 18.3 Å². The fourth-order valence-electron chi connectivity index (χ4n) is 1.55. The summed E-state index contributed by atoms with van der Waals surface area (Å²) < 4.78 is 0.937. The molecule has 0 bridgehead atoms. The molecule has 0 spiro atoms. The maximum atomic E-state index is 8.89. The highest BCUT2D eigenvalue weighted by Crippen LogP contribution is 2.23. The Morgan fingerprint density at radius 3 is 2.88 bits per heavy atom. The molecule has 0 fully saturated rings. The van der Waals surface area contributed by atoms with E-state index in [0.29, 0.717) is 5.92 Å². The van der Waals surface area contributed by atoms with E-state index < -0.39 is 0 Å². The maximum Gasteiger partial charge on any atom is 0.0548 e. The number of aliphatic hydroxyl groups excluding tert-OH is 1. The Kier molecular flexibility index (Phi) is 7.12. The molecule has 0 amide bonds. The van der Waals surface area contributed by atoms with E-state index in [0.717, 1.165) is 35.4 Å². The van der Waals surface area contributed by atoms with Crippen LogP contribution in [0.25, 0.3) is 0 Å². The minimum absolute atomic E-state index is 0.282. The van der Waals surface area contributed by atoms with E-state index >= 15 is 0 Å². The summed E-state index contributed by atoms with van der Waals surface area (Å²) in [7, 11) is 0. The Bertz CT molecular complexity index is 346. The summed E-state index contributed by atoms with van der Waals surface area (Å²) >= 11 is 9.33. The molecule has 1 aromatic rings. The first-order chi connectivity index (χ1) is 8.13. The van der Waals surface area contributed by atoms with Gasteiger partial charge in [-0.25, -0.2) is 0 Å². The number of benzene rings is 1. The van der Waals surface area contributed by atoms with Crippen LogP contribution in [0.3, 0.4) is 0 Å². The van der Waals surface area contributed by atoms with Crippen LogP contribution in [0.5, 0.6) is 0 Å². The third-order valence-corrected chi connectivity index (χ3v) is 3.89. The van der Waals surface area contributed by atoms with Crippen LogP contribution in [0.15, 0.2) is 22.7 Å². The molecule has 1 unspecified atom stereocenters. The van der Waals surface area contributed by atoms with E-state index in [1.807, 2.05) is 18.2 Å². The van der Waals surface area contributed by atoms with Gasteiger partial charge in [0.05, 0.1) is 5.02 Å². The van der Waals surface area contributed by atoms with Crippen LogP contribution < -0.4 is 5.32 Å². The van der Waals surface area contributed by atoms with Gasteiger partial charge < -0.3 is 10.4 Å². The van der Waals surface area contributed by atoms with Gasteiger partial charge in [-0.05, 0) is 58.9 Å². The molecular formula is C13H19BrClNO. The van der Waals surface area contributed by atoms with E-state index in [2.05, 4.69) is 28.2 Å². The normalized spacial score (nSPS) is 12.7. The number of hydrogen-bond acceptors (Lipinski definition) is 2. The molecule has 0 heterocycles. The van der Waals surface area contributed by atoms with Gasteiger partial charge in [-0.2, -0.15) is 0 Å². The molecule has 0 aromatic heterocycles. The molecule has 17 heavy (non-hydrogen) atoms. The fraction of sp³-hybridized carbons (Fsp3) is 0.538. The molecule has 4 heteroatoms. The highest BCUT2D eigenvalue weighted by molar-refractivity contribution is 9.10. The van der Waals surface area contributed by atoms with Gasteiger partial charge in [-0.3, -0.25) is 0 Å². The lowest BCUT2D eigenvalue weighted by Gasteiger charge is -2.09. The Morgan fingerprint density at radius 1 is 1.47 bits per heavy atom. The van der Waals surface area contributed by atoms with E-state index in [4.69, 9.17) is 16.7 Å². The highest BCUT2D eigenvalue weighted by atomic mass is 79.9. The standard InChI is InChI=1S/C13H19BrClNO/c1-10(9-17)3-2-6-16-8-11-4-5-13(15)12(14)7-11/h4-5,7,10,16-17H,2-3,6,8-9H2,1H3. The first-order valence-corrected chi connectivity index (χ1v) is 7.06. The molecule has 1 rings (SSSR count). The van der Waals surface area contributed by atoms with Crippen LogP contribution >= 0.6 is 27.5 Å². The average molecular weight is 321 g/mol. The first kappa shape index (κ1) is 15.0. The second kappa shape index (κ2) is 8.09. The average Bonchev–Trinajstić information content (AvgIpc) is 2.33. The Morgan fingerprint density at radius 2 is 2.24 bits per heavy atom. The lowest BCUT2D eigenvalue weighted by molar-refractivity contribution is 0.228. The zero-order valence-electron chi connectivity index (χ0n) is 10.0. The van der Waals surface area contributed by atoms with Crippen molar-refractivity contribution in [2.45, 2.75) is 26.3 Å². The summed E-state index contributed by atoms with van der Waals surface area (Å²) in [6.07, 6.45) is 2.16. The first-order valence-electron chi connectivity index (χ1n) is 5.89. The number of aliphatic hydroxyl groups is 1. The number of nitrogens with one attached hydrogen (secondary N) is 1. The van der Waals surface area contributed by atoms with E-state index in [9.17, 15) is 0 Å². The van der Waals surface area contributed by atoms with Gasteiger partial charge in [0.25, 0.3) is 0 Å². The van der Waals surface area contributed by atoms with E-state index in [1.54, 1.807) is 0 Å². The van der Waals surface area contributed by atoms with Crippen molar-refractivity contribution in [2.75, 3.05) is 13.2 Å². The molecule has 1 atom stereocenters. The van der Waals surface area contributed by atoms with Gasteiger partial charge >= 0.3 is 0 Å². The molecule has 96 valence electrons. The van der Waals surface area contributed by atoms with Gasteiger partial charge in [0, 0.05) is 17.6 Å². The van der Waals surface area contributed by atoms with Crippen molar-refractivity contribution in [3.8, 4) is 0 Å². The predicted octanol–water partition coefficient (Wildman–Crippen LogP) is 3.60. The van der Waals surface area contributed by atoms with Gasteiger partial charge in [0.1, 0.15) is 0 Å². The van der Waals surface area contributed by atoms with Crippen molar-refractivity contribution in [3.63, 3.8) is 0 Å². The van der Waals surface area contributed by atoms with Crippen LogP contribution in [0.1, 0.15) is 25.3 Å². The molecule has 0 aliphatic heterocycles. The minimum atomic E-state index is 0.282. The zero-order valence-corrected chi connectivity index (χ0v) is 12.4. The van der Waals surface area contributed by atoms with Gasteiger partial charge in [-0.15, -0.1) is 0 Å². The van der Waals surface area contributed by atoms with Gasteiger partial charge in [0.15, 0.2) is 0 Å². The molecule has 0 saturated heterocycles. The van der Waals surface area contributed by atoms with Gasteiger partial charge in [-0.1, -0.05) is 24.6 Å². The summed E-state index contributed by atoms with van der Waals surface area (Å²) in [5.41, 5.74) is 1.22. The molecule has 2 N–H and O–H groups in total. The predicted molar refractivity (Wildman–Crippen MR) is 76.3 cm³/mol. The van der Waals surface area contributed by atoms with Crippen molar-refractivity contribution in [2.24, 2.45) is 5.92 Å². The lowest BCUT2D eigenvalue weighted by atomic mass is 10.1. The van der Waals surface area contributed by atoms with Crippen LogP contribution in [0, 0.1) is 5.92 Å². The lowest BCUT2D eigenvalue weighted by Crippen LogP contribution is -2.16. The molecular weight excluding hydrogens is 302 g/mol. The zero-order chi connectivity index (χ0) is 12.7. The summed E-state index contributed by atoms with van der Waals surface area (Å²) in [6, 6.07) is 5.96. The van der Waals surface area contributed by atoms with Crippen molar-refractivity contribution in [1.82, 2.24) is 5.32 Å². The fourth-order valence-corrected chi connectivity index (χ4v) is 2.09. The van der Waals surface area contributed by atoms with Crippen LogP contribution in [0.2, 0.25) is 5.02 Å². The second-order valence-corrected chi connectivity index (χ2v) is 5.62. The summed E-state index contributed by atoms with van der Waals surface area (Å²) in [6.45, 7) is 4.17. The smallest absolute Gasteiger partial charge is 0.0548 e. The molecule has 1 aromatic carbocycles. The molecule has 0 saturated carbocycles. The number of rotatable bonds is 7. The summed E-state index contributed by atoms with van der Waals surface area (Å²) in [5.74, 6) is 0.404. The number of halogens is 2. The topological polar surface area (TPSA) is 32.3 Å². The van der Waals surface area contributed by atoms with Crippen LogP contribution in [-0.2, 0) is 6.54 Å². The second-order valence-electron chi connectivity index (χ2n) is 4.36. The molecule has 0 aliphatic carbocycles. The summed E-state index contributed by atoms with van der Waals surface area (Å²) in [4.78, 5) is 0. The highest BCUT2D eigenvalue weighted by Gasteiger charge is 2.00. The molecule has 0 radical (unpaired) electrons. The van der Waals surface area contributed by atoms with Crippen LogP contribution in [0.4, 0.5) is 0 Å².